The lowest BCUT2D eigenvalue weighted by Gasteiger charge is -2.25. The van der Waals surface area contributed by atoms with Crippen LogP contribution in [0, 0.1) is 22.7 Å². The largest absolute Gasteiger partial charge is 0.384 e. The number of benzene rings is 1. The van der Waals surface area contributed by atoms with Crippen molar-refractivity contribution in [2.75, 3.05) is 0 Å². The van der Waals surface area contributed by atoms with E-state index >= 15 is 0 Å². The third-order valence-electron chi connectivity index (χ3n) is 2.83. The molecule has 0 bridgehead atoms. The van der Waals surface area contributed by atoms with Crippen molar-refractivity contribution in [3.8, 4) is 12.1 Å². The third-order valence-corrected chi connectivity index (χ3v) is 3.53. The van der Waals surface area contributed by atoms with Crippen molar-refractivity contribution in [1.29, 1.82) is 10.5 Å². The fraction of sp³-hybridized carbons (Fsp3) is 0.0769. The Hall–Kier alpha value is -2.08. The molecular formula is C13H9ClN4S. The Morgan fingerprint density at radius 2 is 1.84 bits per heavy atom. The van der Waals surface area contributed by atoms with E-state index in [1.165, 1.54) is 0 Å². The maximum Gasteiger partial charge on any atom is 0.116 e. The highest BCUT2D eigenvalue weighted by atomic mass is 35.5. The summed E-state index contributed by atoms with van der Waals surface area (Å²) in [4.78, 5) is 0. The summed E-state index contributed by atoms with van der Waals surface area (Å²) >= 11 is 10.3. The molecule has 1 atom stereocenters. The van der Waals surface area contributed by atoms with Crippen LogP contribution in [-0.2, 0) is 0 Å². The second-order valence-electron chi connectivity index (χ2n) is 3.89. The van der Waals surface area contributed by atoms with Gasteiger partial charge in [0.05, 0.1) is 34.2 Å². The highest BCUT2D eigenvalue weighted by Crippen LogP contribution is 2.39. The van der Waals surface area contributed by atoms with Gasteiger partial charge in [0.1, 0.15) is 5.82 Å². The number of nitrogens with zero attached hydrogens (tertiary/aromatic N) is 2. The second kappa shape index (κ2) is 5.27. The van der Waals surface area contributed by atoms with Crippen molar-refractivity contribution in [3.05, 3.63) is 56.8 Å². The van der Waals surface area contributed by atoms with Crippen molar-refractivity contribution < 1.29 is 0 Å². The van der Waals surface area contributed by atoms with E-state index in [1.54, 1.807) is 24.3 Å². The molecule has 0 radical (unpaired) electrons. The van der Waals surface area contributed by atoms with Gasteiger partial charge in [-0.05, 0) is 11.6 Å². The molecule has 0 saturated heterocycles. The number of nitrogens with two attached hydrogens (primary N) is 1. The molecule has 0 saturated carbocycles. The van der Waals surface area contributed by atoms with Crippen LogP contribution in [0.5, 0.6) is 0 Å². The Bertz CT molecular complexity index is 643. The molecule has 1 aromatic carbocycles. The number of dihydropyridines is 1. The minimum Gasteiger partial charge on any atom is -0.384 e. The summed E-state index contributed by atoms with van der Waals surface area (Å²) in [6.45, 7) is 0. The molecule has 4 nitrogen and oxygen atoms in total. The Kier molecular flexibility index (Phi) is 3.71. The number of halogens is 1. The maximum absolute atomic E-state index is 9.27. The molecule has 0 unspecified atom stereocenters. The predicted octanol–water partition coefficient (Wildman–Crippen LogP) is 2.39. The molecule has 19 heavy (non-hydrogen) atoms. The summed E-state index contributed by atoms with van der Waals surface area (Å²) in [6, 6.07) is 11.1. The van der Waals surface area contributed by atoms with E-state index in [-0.39, 0.29) is 11.4 Å². The molecule has 6 heteroatoms. The monoisotopic (exact) mass is 288 g/mol. The molecule has 0 amide bonds. The van der Waals surface area contributed by atoms with Gasteiger partial charge < -0.3 is 11.1 Å². The Balaban J connectivity index is 2.69. The molecule has 1 aliphatic rings. The number of rotatable bonds is 1. The van der Waals surface area contributed by atoms with Crippen LogP contribution in [0.25, 0.3) is 0 Å². The summed E-state index contributed by atoms with van der Waals surface area (Å²) in [6.07, 6.45) is 0. The van der Waals surface area contributed by atoms with Gasteiger partial charge in [-0.15, -0.1) is 12.6 Å². The van der Waals surface area contributed by atoms with Crippen LogP contribution in [0.2, 0.25) is 5.02 Å². The average Bonchev–Trinajstić information content (AvgIpc) is 2.38. The molecule has 1 aromatic rings. The third kappa shape index (κ3) is 2.26. The lowest BCUT2D eigenvalue weighted by atomic mass is 9.84. The number of thiol groups is 1. The first kappa shape index (κ1) is 13.4. The van der Waals surface area contributed by atoms with Crippen LogP contribution in [0.4, 0.5) is 0 Å². The van der Waals surface area contributed by atoms with Crippen LogP contribution in [0.1, 0.15) is 11.5 Å². The second-order valence-corrected chi connectivity index (χ2v) is 4.75. The van der Waals surface area contributed by atoms with Gasteiger partial charge in [-0.1, -0.05) is 29.8 Å². The first-order chi connectivity index (χ1) is 9.10. The fourth-order valence-electron chi connectivity index (χ4n) is 1.96. The van der Waals surface area contributed by atoms with E-state index in [1.807, 2.05) is 6.07 Å². The maximum atomic E-state index is 9.27. The Labute approximate surface area is 121 Å². The van der Waals surface area contributed by atoms with Gasteiger partial charge in [0.2, 0.25) is 0 Å². The van der Waals surface area contributed by atoms with Crippen molar-refractivity contribution in [3.63, 3.8) is 0 Å². The highest BCUT2D eigenvalue weighted by Gasteiger charge is 2.31. The highest BCUT2D eigenvalue weighted by molar-refractivity contribution is 7.84. The van der Waals surface area contributed by atoms with Gasteiger partial charge in [-0.3, -0.25) is 0 Å². The van der Waals surface area contributed by atoms with Crippen LogP contribution < -0.4 is 11.1 Å². The van der Waals surface area contributed by atoms with E-state index in [2.05, 4.69) is 24.0 Å². The predicted molar refractivity (Wildman–Crippen MR) is 75.8 cm³/mol. The Morgan fingerprint density at radius 1 is 1.21 bits per heavy atom. The standard InChI is InChI=1S/C13H9ClN4S/c14-10-4-2-1-3-7(10)11-8(5-15)12(17)18-13(19)9(11)6-16/h1-4,11,18-19H,17H2/t11-/m1/s1. The van der Waals surface area contributed by atoms with Crippen LogP contribution in [0.3, 0.4) is 0 Å². The zero-order valence-corrected chi connectivity index (χ0v) is 11.3. The van der Waals surface area contributed by atoms with Gasteiger partial charge >= 0.3 is 0 Å². The van der Waals surface area contributed by atoms with E-state index < -0.39 is 5.92 Å². The van der Waals surface area contributed by atoms with E-state index in [4.69, 9.17) is 17.3 Å². The lowest BCUT2D eigenvalue weighted by molar-refractivity contribution is 0.842. The summed E-state index contributed by atoms with van der Waals surface area (Å²) in [5, 5.41) is 22.1. The first-order valence-corrected chi connectivity index (χ1v) is 6.17. The molecule has 0 aliphatic carbocycles. The van der Waals surface area contributed by atoms with Gasteiger partial charge in [0.15, 0.2) is 0 Å². The van der Waals surface area contributed by atoms with Crippen LogP contribution in [-0.4, -0.2) is 0 Å². The Morgan fingerprint density at radius 3 is 2.42 bits per heavy atom. The van der Waals surface area contributed by atoms with Crippen molar-refractivity contribution in [2.45, 2.75) is 5.92 Å². The summed E-state index contributed by atoms with van der Waals surface area (Å²) in [5.41, 5.74) is 7.03. The SMILES string of the molecule is N#CC1=C(N)NC(S)=C(C#N)[C@@H]1c1ccccc1Cl. The zero-order valence-electron chi connectivity index (χ0n) is 9.68. The minimum atomic E-state index is -0.586. The average molecular weight is 289 g/mol. The number of nitriles is 2. The summed E-state index contributed by atoms with van der Waals surface area (Å²) in [5.74, 6) is -0.395. The molecule has 0 spiro atoms. The molecule has 0 aromatic heterocycles. The molecule has 1 heterocycles. The molecule has 1 aliphatic heterocycles. The van der Waals surface area contributed by atoms with E-state index in [0.29, 0.717) is 21.2 Å². The number of hydrogen-bond donors (Lipinski definition) is 3. The van der Waals surface area contributed by atoms with Crippen molar-refractivity contribution in [1.82, 2.24) is 5.32 Å². The van der Waals surface area contributed by atoms with E-state index in [0.717, 1.165) is 0 Å². The summed E-state index contributed by atoms with van der Waals surface area (Å²) in [7, 11) is 0. The van der Waals surface area contributed by atoms with Gasteiger partial charge in [-0.2, -0.15) is 10.5 Å². The van der Waals surface area contributed by atoms with Gasteiger partial charge in [0.25, 0.3) is 0 Å². The van der Waals surface area contributed by atoms with Crippen molar-refractivity contribution >= 4 is 24.2 Å². The van der Waals surface area contributed by atoms with Gasteiger partial charge in [0, 0.05) is 5.02 Å². The number of nitrogens with one attached hydrogen (secondary N) is 1. The fourth-order valence-corrected chi connectivity index (χ4v) is 2.51. The number of allylic oxidation sites excluding steroid dienone is 2. The van der Waals surface area contributed by atoms with E-state index in [9.17, 15) is 10.5 Å². The zero-order chi connectivity index (χ0) is 14.0. The smallest absolute Gasteiger partial charge is 0.116 e. The topological polar surface area (TPSA) is 85.6 Å². The molecule has 2 rings (SSSR count). The summed E-state index contributed by atoms with van der Waals surface area (Å²) < 4.78 is 0. The first-order valence-electron chi connectivity index (χ1n) is 5.34. The number of hydrogen-bond acceptors (Lipinski definition) is 5. The van der Waals surface area contributed by atoms with Crippen LogP contribution >= 0.6 is 24.2 Å². The lowest BCUT2D eigenvalue weighted by Crippen LogP contribution is -2.28. The molecule has 0 fully saturated rings. The normalized spacial score (nSPS) is 18.6. The minimum absolute atomic E-state index is 0.191. The van der Waals surface area contributed by atoms with Crippen molar-refractivity contribution in [2.24, 2.45) is 5.73 Å². The molecule has 94 valence electrons. The molecular weight excluding hydrogens is 280 g/mol. The van der Waals surface area contributed by atoms with Gasteiger partial charge in [-0.25, -0.2) is 0 Å². The molecule has 3 N–H and O–H groups in total. The quantitative estimate of drug-likeness (QED) is 0.693. The van der Waals surface area contributed by atoms with Crippen LogP contribution in [0.15, 0.2) is 46.3 Å².